The summed E-state index contributed by atoms with van der Waals surface area (Å²) in [5.74, 6) is 7.64. The zero-order valence-corrected chi connectivity index (χ0v) is 9.44. The molecule has 0 amide bonds. The summed E-state index contributed by atoms with van der Waals surface area (Å²) in [5.41, 5.74) is 2.55. The van der Waals surface area contributed by atoms with Gasteiger partial charge in [-0.25, -0.2) is 15.8 Å². The molecule has 0 radical (unpaired) electrons. The van der Waals surface area contributed by atoms with Crippen LogP contribution in [-0.4, -0.2) is 36.3 Å². The van der Waals surface area contributed by atoms with E-state index in [1.165, 1.54) is 0 Å². The minimum absolute atomic E-state index is 0.646. The quantitative estimate of drug-likeness (QED) is 0.554. The number of nitrogens with zero attached hydrogens (tertiary/aromatic N) is 3. The van der Waals surface area contributed by atoms with Crippen molar-refractivity contribution < 1.29 is 4.74 Å². The smallest absolute Gasteiger partial charge is 0.145 e. The van der Waals surface area contributed by atoms with Crippen LogP contribution in [0.15, 0.2) is 6.07 Å². The van der Waals surface area contributed by atoms with Gasteiger partial charge in [-0.1, -0.05) is 0 Å². The number of hydrazine groups is 1. The molecule has 1 aromatic rings. The highest BCUT2D eigenvalue weighted by Gasteiger charge is 2.12. The van der Waals surface area contributed by atoms with Gasteiger partial charge in [0.25, 0.3) is 0 Å². The Kier molecular flexibility index (Phi) is 3.53. The van der Waals surface area contributed by atoms with Gasteiger partial charge in [0, 0.05) is 25.8 Å². The minimum Gasteiger partial charge on any atom is -0.380 e. The Bertz CT molecular complexity index is 349. The Morgan fingerprint density at radius 3 is 3.06 bits per heavy atom. The van der Waals surface area contributed by atoms with Crippen LogP contribution in [0.5, 0.6) is 0 Å². The Morgan fingerprint density at radius 1 is 1.38 bits per heavy atom. The molecule has 1 fully saturated rings. The number of nitrogen functional groups attached to an aromatic ring is 1. The van der Waals surface area contributed by atoms with Gasteiger partial charge in [0.2, 0.25) is 0 Å². The van der Waals surface area contributed by atoms with Crippen LogP contribution in [0, 0.1) is 6.92 Å². The molecule has 1 aliphatic rings. The van der Waals surface area contributed by atoms with E-state index in [-0.39, 0.29) is 0 Å². The summed E-state index contributed by atoms with van der Waals surface area (Å²) in [6.45, 7) is 5.25. The molecule has 1 saturated heterocycles. The van der Waals surface area contributed by atoms with E-state index >= 15 is 0 Å². The molecule has 3 N–H and O–H groups in total. The maximum atomic E-state index is 5.41. The molecule has 0 bridgehead atoms. The average molecular weight is 223 g/mol. The molecule has 0 unspecified atom stereocenters. The molecule has 88 valence electrons. The summed E-state index contributed by atoms with van der Waals surface area (Å²) in [5, 5.41) is 0. The van der Waals surface area contributed by atoms with Gasteiger partial charge >= 0.3 is 0 Å². The molecule has 2 heterocycles. The highest BCUT2D eigenvalue weighted by molar-refractivity contribution is 5.48. The monoisotopic (exact) mass is 223 g/mol. The van der Waals surface area contributed by atoms with Gasteiger partial charge < -0.3 is 15.1 Å². The van der Waals surface area contributed by atoms with Crippen LogP contribution >= 0.6 is 0 Å². The van der Waals surface area contributed by atoms with E-state index in [2.05, 4.69) is 20.3 Å². The van der Waals surface area contributed by atoms with Crippen molar-refractivity contribution in [2.45, 2.75) is 13.3 Å². The van der Waals surface area contributed by atoms with Crippen LogP contribution in [0.1, 0.15) is 12.2 Å². The molecule has 1 aromatic heterocycles. The predicted octanol–water partition coefficient (Wildman–Crippen LogP) is 0.297. The van der Waals surface area contributed by atoms with Crippen molar-refractivity contribution in [2.75, 3.05) is 36.6 Å². The first-order valence-corrected chi connectivity index (χ1v) is 5.44. The van der Waals surface area contributed by atoms with Crippen molar-refractivity contribution in [1.82, 2.24) is 9.97 Å². The standard InChI is InChI=1S/C10H17N5O/c1-8-12-9(14-11)7-10(13-8)15-3-2-5-16-6-4-15/h7H,2-6,11H2,1H3,(H,12,13,14). The molecule has 6 nitrogen and oxygen atoms in total. The number of anilines is 2. The highest BCUT2D eigenvalue weighted by atomic mass is 16.5. The zero-order chi connectivity index (χ0) is 11.4. The number of ether oxygens (including phenoxy) is 1. The molecular formula is C10H17N5O. The van der Waals surface area contributed by atoms with Crippen LogP contribution in [0.2, 0.25) is 0 Å². The number of aryl methyl sites for hydroxylation is 1. The molecule has 1 aliphatic heterocycles. The van der Waals surface area contributed by atoms with Gasteiger partial charge in [0.15, 0.2) is 0 Å². The van der Waals surface area contributed by atoms with Gasteiger partial charge in [-0.05, 0) is 13.3 Å². The molecule has 6 heteroatoms. The van der Waals surface area contributed by atoms with Crippen LogP contribution in [-0.2, 0) is 4.74 Å². The van der Waals surface area contributed by atoms with Gasteiger partial charge in [0.05, 0.1) is 6.61 Å². The number of hydrogen-bond acceptors (Lipinski definition) is 6. The maximum absolute atomic E-state index is 5.41. The second kappa shape index (κ2) is 5.09. The highest BCUT2D eigenvalue weighted by Crippen LogP contribution is 2.16. The zero-order valence-electron chi connectivity index (χ0n) is 9.44. The topological polar surface area (TPSA) is 76.3 Å². The third-order valence-corrected chi connectivity index (χ3v) is 2.52. The van der Waals surface area contributed by atoms with Gasteiger partial charge in [-0.3, -0.25) is 0 Å². The van der Waals surface area contributed by atoms with Crippen molar-refractivity contribution in [3.63, 3.8) is 0 Å². The maximum Gasteiger partial charge on any atom is 0.145 e. The molecule has 0 spiro atoms. The first-order valence-electron chi connectivity index (χ1n) is 5.44. The van der Waals surface area contributed by atoms with E-state index in [1.54, 1.807) is 0 Å². The van der Waals surface area contributed by atoms with Crippen molar-refractivity contribution in [3.8, 4) is 0 Å². The lowest BCUT2D eigenvalue weighted by atomic mass is 10.3. The van der Waals surface area contributed by atoms with Crippen LogP contribution < -0.4 is 16.2 Å². The lowest BCUT2D eigenvalue weighted by Crippen LogP contribution is -2.27. The third kappa shape index (κ3) is 2.59. The van der Waals surface area contributed by atoms with Crippen LogP contribution in [0.25, 0.3) is 0 Å². The summed E-state index contributed by atoms with van der Waals surface area (Å²) in [7, 11) is 0. The van der Waals surface area contributed by atoms with Crippen LogP contribution in [0.4, 0.5) is 11.6 Å². The Hall–Kier alpha value is -1.40. The van der Waals surface area contributed by atoms with E-state index in [4.69, 9.17) is 10.6 Å². The van der Waals surface area contributed by atoms with Gasteiger partial charge in [0.1, 0.15) is 17.5 Å². The van der Waals surface area contributed by atoms with Gasteiger partial charge in [-0.2, -0.15) is 0 Å². The fourth-order valence-electron chi connectivity index (χ4n) is 1.76. The summed E-state index contributed by atoms with van der Waals surface area (Å²) >= 11 is 0. The summed E-state index contributed by atoms with van der Waals surface area (Å²) in [6, 6.07) is 1.86. The normalized spacial score (nSPS) is 17.0. The van der Waals surface area contributed by atoms with E-state index in [1.807, 2.05) is 13.0 Å². The predicted molar refractivity (Wildman–Crippen MR) is 62.2 cm³/mol. The first-order chi connectivity index (χ1) is 7.79. The second-order valence-corrected chi connectivity index (χ2v) is 3.76. The molecule has 16 heavy (non-hydrogen) atoms. The SMILES string of the molecule is Cc1nc(NN)cc(N2CCCOCC2)n1. The number of nitrogens with one attached hydrogen (secondary N) is 1. The average Bonchev–Trinajstić information content (AvgIpc) is 2.56. The lowest BCUT2D eigenvalue weighted by molar-refractivity contribution is 0.152. The molecule has 0 aliphatic carbocycles. The van der Waals surface area contributed by atoms with Crippen LogP contribution in [0.3, 0.4) is 0 Å². The first kappa shape index (κ1) is 11.1. The molecular weight excluding hydrogens is 206 g/mol. The van der Waals surface area contributed by atoms with E-state index in [0.717, 1.165) is 44.4 Å². The third-order valence-electron chi connectivity index (χ3n) is 2.52. The Balaban J connectivity index is 2.20. The number of nitrogens with two attached hydrogens (primary N) is 1. The summed E-state index contributed by atoms with van der Waals surface area (Å²) in [4.78, 5) is 10.8. The van der Waals surface area contributed by atoms with E-state index in [0.29, 0.717) is 5.82 Å². The van der Waals surface area contributed by atoms with Crippen molar-refractivity contribution in [1.29, 1.82) is 0 Å². The number of rotatable bonds is 2. The Morgan fingerprint density at radius 2 is 2.25 bits per heavy atom. The number of hydrogen-bond donors (Lipinski definition) is 2. The van der Waals surface area contributed by atoms with Crippen molar-refractivity contribution in [3.05, 3.63) is 11.9 Å². The van der Waals surface area contributed by atoms with Crippen molar-refractivity contribution in [2.24, 2.45) is 5.84 Å². The molecule has 0 saturated carbocycles. The van der Waals surface area contributed by atoms with Gasteiger partial charge in [-0.15, -0.1) is 0 Å². The fraction of sp³-hybridized carbons (Fsp3) is 0.600. The molecule has 2 rings (SSSR count). The lowest BCUT2D eigenvalue weighted by Gasteiger charge is -2.21. The minimum atomic E-state index is 0.646. The van der Waals surface area contributed by atoms with E-state index in [9.17, 15) is 0 Å². The second-order valence-electron chi connectivity index (χ2n) is 3.76. The van der Waals surface area contributed by atoms with E-state index < -0.39 is 0 Å². The molecule has 0 aromatic carbocycles. The molecule has 0 atom stereocenters. The summed E-state index contributed by atoms with van der Waals surface area (Å²) in [6.07, 6.45) is 1.02. The number of aromatic nitrogens is 2. The largest absolute Gasteiger partial charge is 0.380 e. The summed E-state index contributed by atoms with van der Waals surface area (Å²) < 4.78 is 5.41. The van der Waals surface area contributed by atoms with Crippen molar-refractivity contribution >= 4 is 11.6 Å². The fourth-order valence-corrected chi connectivity index (χ4v) is 1.76. The Labute approximate surface area is 94.8 Å².